The molecular weight excluding hydrogens is 310 g/mol. The van der Waals surface area contributed by atoms with E-state index in [0.29, 0.717) is 10.7 Å². The molecule has 0 saturated carbocycles. The van der Waals surface area contributed by atoms with Crippen LogP contribution >= 0.6 is 11.3 Å². The highest BCUT2D eigenvalue weighted by Crippen LogP contribution is 2.25. The fourth-order valence-corrected chi connectivity index (χ4v) is 2.62. The van der Waals surface area contributed by atoms with Crippen molar-refractivity contribution in [2.24, 2.45) is 0 Å². The standard InChI is InChI=1S/C17H11N3O2S/c18-9-14(8-12-6-7-22-10-12)16(21)20-17-19-15(11-23-17)13-4-2-1-3-5-13/h1-8,10-11H,(H,19,20,21). The molecule has 5 nitrogen and oxygen atoms in total. The quantitative estimate of drug-likeness (QED) is 0.583. The van der Waals surface area contributed by atoms with Gasteiger partial charge in [0.2, 0.25) is 0 Å². The van der Waals surface area contributed by atoms with Crippen LogP contribution in [0, 0.1) is 11.3 Å². The molecule has 0 spiro atoms. The van der Waals surface area contributed by atoms with Gasteiger partial charge in [0.1, 0.15) is 11.6 Å². The molecule has 3 rings (SSSR count). The van der Waals surface area contributed by atoms with Crippen molar-refractivity contribution in [2.45, 2.75) is 0 Å². The first-order valence-corrected chi connectivity index (χ1v) is 7.60. The Hall–Kier alpha value is -3.17. The molecule has 0 saturated heterocycles. The van der Waals surface area contributed by atoms with Gasteiger partial charge in [-0.3, -0.25) is 10.1 Å². The van der Waals surface area contributed by atoms with Crippen molar-refractivity contribution in [1.82, 2.24) is 4.98 Å². The summed E-state index contributed by atoms with van der Waals surface area (Å²) in [6.45, 7) is 0. The van der Waals surface area contributed by atoms with E-state index in [4.69, 9.17) is 9.68 Å². The van der Waals surface area contributed by atoms with Crippen molar-refractivity contribution in [3.63, 3.8) is 0 Å². The second-order valence-electron chi connectivity index (χ2n) is 4.58. The molecule has 1 amide bonds. The van der Waals surface area contributed by atoms with Crippen LogP contribution in [0.15, 0.2) is 64.3 Å². The predicted octanol–water partition coefficient (Wildman–Crippen LogP) is 3.95. The number of furan rings is 1. The second kappa shape index (κ2) is 6.73. The zero-order chi connectivity index (χ0) is 16.1. The summed E-state index contributed by atoms with van der Waals surface area (Å²) in [5.41, 5.74) is 2.39. The van der Waals surface area contributed by atoms with E-state index in [1.807, 2.05) is 41.8 Å². The molecule has 23 heavy (non-hydrogen) atoms. The minimum absolute atomic E-state index is 0.0112. The van der Waals surface area contributed by atoms with Crippen LogP contribution in [0.25, 0.3) is 17.3 Å². The lowest BCUT2D eigenvalue weighted by Crippen LogP contribution is -2.13. The smallest absolute Gasteiger partial charge is 0.268 e. The number of nitriles is 1. The number of carbonyl (C=O) groups is 1. The van der Waals surface area contributed by atoms with Gasteiger partial charge < -0.3 is 4.42 Å². The largest absolute Gasteiger partial charge is 0.472 e. The van der Waals surface area contributed by atoms with E-state index >= 15 is 0 Å². The number of carbonyl (C=O) groups excluding carboxylic acids is 1. The Bertz CT molecular complexity index is 874. The van der Waals surface area contributed by atoms with E-state index in [9.17, 15) is 4.79 Å². The molecule has 0 bridgehead atoms. The summed E-state index contributed by atoms with van der Waals surface area (Å²) in [6.07, 6.45) is 4.40. The number of hydrogen-bond donors (Lipinski definition) is 1. The molecule has 2 aromatic heterocycles. The molecule has 1 aromatic carbocycles. The molecule has 6 heteroatoms. The fraction of sp³-hybridized carbons (Fsp3) is 0. The van der Waals surface area contributed by atoms with Crippen LogP contribution < -0.4 is 5.32 Å². The van der Waals surface area contributed by atoms with Crippen molar-refractivity contribution >= 4 is 28.5 Å². The Kier molecular flexibility index (Phi) is 4.32. The summed E-state index contributed by atoms with van der Waals surface area (Å²) in [5.74, 6) is -0.498. The number of nitrogens with one attached hydrogen (secondary N) is 1. The maximum Gasteiger partial charge on any atom is 0.268 e. The number of aromatic nitrogens is 1. The van der Waals surface area contributed by atoms with Crippen LogP contribution in [0.2, 0.25) is 0 Å². The fourth-order valence-electron chi connectivity index (χ4n) is 1.91. The molecule has 2 heterocycles. The van der Waals surface area contributed by atoms with Gasteiger partial charge in [-0.15, -0.1) is 11.3 Å². The summed E-state index contributed by atoms with van der Waals surface area (Å²) in [7, 11) is 0. The topological polar surface area (TPSA) is 78.9 Å². The molecule has 3 aromatic rings. The van der Waals surface area contributed by atoms with Crippen molar-refractivity contribution in [3.05, 3.63) is 65.4 Å². The Morgan fingerprint density at radius 3 is 2.83 bits per heavy atom. The van der Waals surface area contributed by atoms with Gasteiger partial charge in [0.25, 0.3) is 5.91 Å². The highest BCUT2D eigenvalue weighted by Gasteiger charge is 2.12. The molecule has 0 radical (unpaired) electrons. The molecule has 0 fully saturated rings. The van der Waals surface area contributed by atoms with Crippen LogP contribution in [0.5, 0.6) is 0 Å². The third kappa shape index (κ3) is 3.54. The monoisotopic (exact) mass is 321 g/mol. The minimum atomic E-state index is -0.498. The van der Waals surface area contributed by atoms with Crippen LogP contribution in [-0.2, 0) is 4.79 Å². The molecule has 0 aliphatic carbocycles. The lowest BCUT2D eigenvalue weighted by Gasteiger charge is -1.99. The number of amides is 1. The van der Waals surface area contributed by atoms with Crippen molar-refractivity contribution in [2.75, 3.05) is 5.32 Å². The average molecular weight is 321 g/mol. The maximum absolute atomic E-state index is 12.1. The van der Waals surface area contributed by atoms with E-state index in [2.05, 4.69) is 10.3 Å². The molecule has 0 aliphatic heterocycles. The highest BCUT2D eigenvalue weighted by atomic mass is 32.1. The molecule has 0 atom stereocenters. The first-order chi connectivity index (χ1) is 11.3. The van der Waals surface area contributed by atoms with Crippen molar-refractivity contribution in [3.8, 4) is 17.3 Å². The first kappa shape index (κ1) is 14.8. The van der Waals surface area contributed by atoms with E-state index < -0.39 is 5.91 Å². The molecule has 1 N–H and O–H groups in total. The van der Waals surface area contributed by atoms with Crippen LogP contribution in [0.4, 0.5) is 5.13 Å². The van der Waals surface area contributed by atoms with Gasteiger partial charge in [-0.05, 0) is 12.1 Å². The number of rotatable bonds is 4. The van der Waals surface area contributed by atoms with Crippen LogP contribution in [0.1, 0.15) is 5.56 Å². The van der Waals surface area contributed by atoms with Crippen LogP contribution in [0.3, 0.4) is 0 Å². The number of thiazole rings is 1. The lowest BCUT2D eigenvalue weighted by atomic mass is 10.2. The lowest BCUT2D eigenvalue weighted by molar-refractivity contribution is -0.112. The van der Waals surface area contributed by atoms with E-state index in [-0.39, 0.29) is 5.57 Å². The number of anilines is 1. The van der Waals surface area contributed by atoms with Gasteiger partial charge in [-0.2, -0.15) is 5.26 Å². The van der Waals surface area contributed by atoms with Gasteiger partial charge >= 0.3 is 0 Å². The van der Waals surface area contributed by atoms with Gasteiger partial charge in [0.05, 0.1) is 18.2 Å². The minimum Gasteiger partial charge on any atom is -0.472 e. The molecule has 0 aliphatic rings. The third-order valence-corrected chi connectivity index (χ3v) is 3.77. The molecule has 0 unspecified atom stereocenters. The molecule has 112 valence electrons. The number of nitrogens with zero attached hydrogens (tertiary/aromatic N) is 2. The Morgan fingerprint density at radius 1 is 1.30 bits per heavy atom. The zero-order valence-corrected chi connectivity index (χ0v) is 12.7. The third-order valence-electron chi connectivity index (χ3n) is 3.01. The Morgan fingerprint density at radius 2 is 2.13 bits per heavy atom. The number of benzene rings is 1. The summed E-state index contributed by atoms with van der Waals surface area (Å²) in [5, 5.41) is 14.1. The normalized spacial score (nSPS) is 11.0. The highest BCUT2D eigenvalue weighted by molar-refractivity contribution is 7.14. The van der Waals surface area contributed by atoms with E-state index in [1.165, 1.54) is 29.9 Å². The predicted molar refractivity (Wildman–Crippen MR) is 88.5 cm³/mol. The Labute approximate surface area is 136 Å². The number of hydrogen-bond acceptors (Lipinski definition) is 5. The van der Waals surface area contributed by atoms with Gasteiger partial charge in [0.15, 0.2) is 5.13 Å². The van der Waals surface area contributed by atoms with Gasteiger partial charge in [-0.25, -0.2) is 4.98 Å². The SMILES string of the molecule is N#CC(=Cc1ccoc1)C(=O)Nc1nc(-c2ccccc2)cs1. The van der Waals surface area contributed by atoms with E-state index in [1.54, 1.807) is 6.07 Å². The van der Waals surface area contributed by atoms with Crippen LogP contribution in [-0.4, -0.2) is 10.9 Å². The van der Waals surface area contributed by atoms with Gasteiger partial charge in [-0.1, -0.05) is 30.3 Å². The molecular formula is C17H11N3O2S. The zero-order valence-electron chi connectivity index (χ0n) is 11.9. The summed E-state index contributed by atoms with van der Waals surface area (Å²) >= 11 is 1.31. The van der Waals surface area contributed by atoms with E-state index in [0.717, 1.165) is 11.3 Å². The van der Waals surface area contributed by atoms with Crippen molar-refractivity contribution in [1.29, 1.82) is 5.26 Å². The summed E-state index contributed by atoms with van der Waals surface area (Å²) in [4.78, 5) is 16.5. The maximum atomic E-state index is 12.1. The first-order valence-electron chi connectivity index (χ1n) is 6.72. The van der Waals surface area contributed by atoms with Gasteiger partial charge in [0, 0.05) is 16.5 Å². The Balaban J connectivity index is 1.76. The second-order valence-corrected chi connectivity index (χ2v) is 5.44. The van der Waals surface area contributed by atoms with Crippen molar-refractivity contribution < 1.29 is 9.21 Å². The summed E-state index contributed by atoms with van der Waals surface area (Å²) in [6, 6.07) is 13.2. The average Bonchev–Trinajstić information content (AvgIpc) is 3.25. The summed E-state index contributed by atoms with van der Waals surface area (Å²) < 4.78 is 4.91.